The number of thiophene rings is 1. The first kappa shape index (κ1) is 14.4. The van der Waals surface area contributed by atoms with E-state index in [4.69, 9.17) is 10.5 Å². The number of esters is 1. The van der Waals surface area contributed by atoms with Crippen LogP contribution in [0.25, 0.3) is 0 Å². The maximum Gasteiger partial charge on any atom is 0.340 e. The van der Waals surface area contributed by atoms with E-state index in [9.17, 15) is 4.79 Å². The molecule has 0 atom stereocenters. The van der Waals surface area contributed by atoms with Gasteiger partial charge in [-0.15, -0.1) is 0 Å². The Hall–Kier alpha value is -2.01. The number of hydrogen-bond donors (Lipinski definition) is 2. The van der Waals surface area contributed by atoms with Crippen LogP contribution >= 0.6 is 11.3 Å². The Balaban J connectivity index is 2.18. The second kappa shape index (κ2) is 6.43. The Morgan fingerprint density at radius 3 is 2.85 bits per heavy atom. The summed E-state index contributed by atoms with van der Waals surface area (Å²) in [4.78, 5) is 11.9. The minimum atomic E-state index is -0.357. The molecular formula is C15H18N2O2S. The molecule has 0 amide bonds. The van der Waals surface area contributed by atoms with E-state index in [0.29, 0.717) is 24.4 Å². The number of anilines is 2. The summed E-state index contributed by atoms with van der Waals surface area (Å²) in [6, 6.07) is 5.22. The molecule has 0 unspecified atom stereocenters. The molecule has 5 heteroatoms. The zero-order valence-electron chi connectivity index (χ0n) is 11.6. The second-order valence-electron chi connectivity index (χ2n) is 4.46. The highest BCUT2D eigenvalue weighted by atomic mass is 32.1. The van der Waals surface area contributed by atoms with Crippen molar-refractivity contribution in [2.75, 3.05) is 17.7 Å². The summed E-state index contributed by atoms with van der Waals surface area (Å²) in [6.45, 7) is 4.87. The number of aryl methyl sites for hydroxylation is 1. The van der Waals surface area contributed by atoms with Gasteiger partial charge in [-0.1, -0.05) is 0 Å². The predicted octanol–water partition coefficient (Wildman–Crippen LogP) is 3.43. The van der Waals surface area contributed by atoms with Crippen molar-refractivity contribution in [2.24, 2.45) is 0 Å². The van der Waals surface area contributed by atoms with Gasteiger partial charge in [0.2, 0.25) is 0 Å². The van der Waals surface area contributed by atoms with E-state index in [1.807, 2.05) is 6.07 Å². The molecule has 0 saturated heterocycles. The van der Waals surface area contributed by atoms with E-state index in [-0.39, 0.29) is 5.97 Å². The number of nitrogens with two attached hydrogens (primary N) is 1. The van der Waals surface area contributed by atoms with Crippen molar-refractivity contribution < 1.29 is 9.53 Å². The average Bonchev–Trinajstić information content (AvgIpc) is 2.83. The van der Waals surface area contributed by atoms with Crippen LogP contribution in [0.1, 0.15) is 28.4 Å². The van der Waals surface area contributed by atoms with Crippen LogP contribution in [-0.2, 0) is 11.3 Å². The number of rotatable bonds is 5. The predicted molar refractivity (Wildman–Crippen MR) is 83.2 cm³/mol. The van der Waals surface area contributed by atoms with E-state index in [0.717, 1.165) is 5.69 Å². The molecule has 0 saturated carbocycles. The molecule has 20 heavy (non-hydrogen) atoms. The van der Waals surface area contributed by atoms with Gasteiger partial charge in [-0.3, -0.25) is 0 Å². The number of hydrogen-bond acceptors (Lipinski definition) is 5. The van der Waals surface area contributed by atoms with Crippen LogP contribution in [0.3, 0.4) is 0 Å². The number of carbonyl (C=O) groups is 1. The van der Waals surface area contributed by atoms with E-state index in [1.54, 1.807) is 30.4 Å². The molecule has 3 N–H and O–H groups in total. The van der Waals surface area contributed by atoms with E-state index in [1.165, 1.54) is 11.1 Å². The largest absolute Gasteiger partial charge is 0.462 e. The third-order valence-electron chi connectivity index (χ3n) is 2.97. The van der Waals surface area contributed by atoms with Crippen molar-refractivity contribution >= 4 is 28.7 Å². The van der Waals surface area contributed by atoms with Crippen LogP contribution in [0.5, 0.6) is 0 Å². The van der Waals surface area contributed by atoms with Gasteiger partial charge in [0.15, 0.2) is 0 Å². The van der Waals surface area contributed by atoms with E-state index >= 15 is 0 Å². The van der Waals surface area contributed by atoms with Gasteiger partial charge in [0.1, 0.15) is 0 Å². The molecule has 0 bridgehead atoms. The normalized spacial score (nSPS) is 10.3. The Kier molecular flexibility index (Phi) is 4.63. The highest BCUT2D eigenvalue weighted by Gasteiger charge is 2.13. The Morgan fingerprint density at radius 1 is 1.40 bits per heavy atom. The third kappa shape index (κ3) is 3.30. The van der Waals surface area contributed by atoms with Gasteiger partial charge in [0.25, 0.3) is 0 Å². The van der Waals surface area contributed by atoms with Crippen LogP contribution in [0.2, 0.25) is 0 Å². The molecule has 0 radical (unpaired) electrons. The molecule has 0 aliphatic heterocycles. The van der Waals surface area contributed by atoms with Gasteiger partial charge in [0.05, 0.1) is 12.2 Å². The SMILES string of the molecule is CCOC(=O)c1cc(N)ccc1NCc1cscc1C. The minimum Gasteiger partial charge on any atom is -0.462 e. The van der Waals surface area contributed by atoms with Crippen molar-refractivity contribution in [3.63, 3.8) is 0 Å². The van der Waals surface area contributed by atoms with Crippen molar-refractivity contribution in [2.45, 2.75) is 20.4 Å². The molecule has 0 fully saturated rings. The summed E-state index contributed by atoms with van der Waals surface area (Å²) in [5.41, 5.74) is 9.97. The number of benzene rings is 1. The smallest absolute Gasteiger partial charge is 0.340 e. The fraction of sp³-hybridized carbons (Fsp3) is 0.267. The van der Waals surface area contributed by atoms with Gasteiger partial charge in [-0.05, 0) is 53.9 Å². The first-order chi connectivity index (χ1) is 9.61. The molecule has 1 aromatic carbocycles. The van der Waals surface area contributed by atoms with Crippen molar-refractivity contribution in [1.29, 1.82) is 0 Å². The summed E-state index contributed by atoms with van der Waals surface area (Å²) in [5.74, 6) is -0.357. The number of nitrogen functional groups attached to an aromatic ring is 1. The van der Waals surface area contributed by atoms with Crippen molar-refractivity contribution in [3.8, 4) is 0 Å². The molecule has 2 aromatic rings. The summed E-state index contributed by atoms with van der Waals surface area (Å²) >= 11 is 1.67. The fourth-order valence-electron chi connectivity index (χ4n) is 1.85. The monoisotopic (exact) mass is 290 g/mol. The lowest BCUT2D eigenvalue weighted by molar-refractivity contribution is 0.0527. The number of nitrogens with one attached hydrogen (secondary N) is 1. The maximum atomic E-state index is 11.9. The van der Waals surface area contributed by atoms with Gasteiger partial charge >= 0.3 is 5.97 Å². The van der Waals surface area contributed by atoms with Crippen molar-refractivity contribution in [3.05, 3.63) is 45.6 Å². The lowest BCUT2D eigenvalue weighted by Gasteiger charge is -2.12. The van der Waals surface area contributed by atoms with Crippen LogP contribution in [0.4, 0.5) is 11.4 Å². The van der Waals surface area contributed by atoms with Crippen LogP contribution in [-0.4, -0.2) is 12.6 Å². The fourth-order valence-corrected chi connectivity index (χ4v) is 2.71. The van der Waals surface area contributed by atoms with Crippen molar-refractivity contribution in [1.82, 2.24) is 0 Å². The van der Waals surface area contributed by atoms with Gasteiger partial charge in [-0.2, -0.15) is 11.3 Å². The van der Waals surface area contributed by atoms with Gasteiger partial charge in [0, 0.05) is 17.9 Å². The third-order valence-corrected chi connectivity index (χ3v) is 3.88. The molecule has 0 spiro atoms. The maximum absolute atomic E-state index is 11.9. The van der Waals surface area contributed by atoms with E-state index < -0.39 is 0 Å². The molecule has 0 aliphatic rings. The standard InChI is InChI=1S/C15H18N2O2S/c1-3-19-15(18)13-6-12(16)4-5-14(13)17-7-11-9-20-8-10(11)2/h4-6,8-9,17H,3,7,16H2,1-2H3. The average molecular weight is 290 g/mol. The topological polar surface area (TPSA) is 64.3 Å². The Bertz CT molecular complexity index is 608. The second-order valence-corrected chi connectivity index (χ2v) is 5.20. The van der Waals surface area contributed by atoms with Gasteiger partial charge in [-0.25, -0.2) is 4.79 Å². The van der Waals surface area contributed by atoms with Crippen LogP contribution in [0.15, 0.2) is 29.0 Å². The summed E-state index contributed by atoms with van der Waals surface area (Å²) in [6.07, 6.45) is 0. The molecule has 4 nitrogen and oxygen atoms in total. The first-order valence-corrected chi connectivity index (χ1v) is 7.38. The molecule has 1 heterocycles. The Morgan fingerprint density at radius 2 is 2.20 bits per heavy atom. The summed E-state index contributed by atoms with van der Waals surface area (Å²) in [5, 5.41) is 7.48. The van der Waals surface area contributed by atoms with Crippen LogP contribution < -0.4 is 11.1 Å². The quantitative estimate of drug-likeness (QED) is 0.654. The van der Waals surface area contributed by atoms with E-state index in [2.05, 4.69) is 23.0 Å². The highest BCUT2D eigenvalue weighted by Crippen LogP contribution is 2.22. The lowest BCUT2D eigenvalue weighted by atomic mass is 10.1. The lowest BCUT2D eigenvalue weighted by Crippen LogP contribution is -2.10. The van der Waals surface area contributed by atoms with Gasteiger partial charge < -0.3 is 15.8 Å². The molecule has 2 rings (SSSR count). The zero-order valence-corrected chi connectivity index (χ0v) is 12.4. The number of carbonyl (C=O) groups excluding carboxylic acids is 1. The summed E-state index contributed by atoms with van der Waals surface area (Å²) < 4.78 is 5.05. The Labute approximate surface area is 122 Å². The number of ether oxygens (including phenoxy) is 1. The molecule has 1 aromatic heterocycles. The summed E-state index contributed by atoms with van der Waals surface area (Å²) in [7, 11) is 0. The highest BCUT2D eigenvalue weighted by molar-refractivity contribution is 7.08. The first-order valence-electron chi connectivity index (χ1n) is 6.44. The zero-order chi connectivity index (χ0) is 14.5. The minimum absolute atomic E-state index is 0.344. The molecule has 106 valence electrons. The van der Waals surface area contributed by atoms with Crippen LogP contribution in [0, 0.1) is 6.92 Å². The molecular weight excluding hydrogens is 272 g/mol. The molecule has 0 aliphatic carbocycles.